The summed E-state index contributed by atoms with van der Waals surface area (Å²) in [7, 11) is 0. The van der Waals surface area contributed by atoms with Gasteiger partial charge < -0.3 is 5.32 Å². The standard InChI is InChI=1S/C13H18N2O/c1-9-4-5-11(10(2)8-9)13(3)12(16)14-6-7-15-13/h4-5,8,15H,6-7H2,1-3H3,(H,14,16). The molecule has 2 rings (SSSR count). The SMILES string of the molecule is Cc1ccc(C2(C)NCCNC2=O)c(C)c1. The molecule has 0 bridgehead atoms. The third-order valence-electron chi connectivity index (χ3n) is 3.26. The highest BCUT2D eigenvalue weighted by molar-refractivity contribution is 5.88. The molecule has 0 aromatic heterocycles. The molecule has 16 heavy (non-hydrogen) atoms. The average Bonchev–Trinajstić information content (AvgIpc) is 2.22. The largest absolute Gasteiger partial charge is 0.353 e. The number of amides is 1. The summed E-state index contributed by atoms with van der Waals surface area (Å²) < 4.78 is 0. The minimum absolute atomic E-state index is 0.0608. The zero-order valence-electron chi connectivity index (χ0n) is 10.1. The number of carbonyl (C=O) groups excluding carboxylic acids is 1. The van der Waals surface area contributed by atoms with Gasteiger partial charge in [0.2, 0.25) is 5.91 Å². The number of hydrogen-bond acceptors (Lipinski definition) is 2. The van der Waals surface area contributed by atoms with E-state index in [4.69, 9.17) is 0 Å². The minimum Gasteiger partial charge on any atom is -0.353 e. The lowest BCUT2D eigenvalue weighted by Crippen LogP contribution is -2.59. The fourth-order valence-electron chi connectivity index (χ4n) is 2.34. The second-order valence-corrected chi connectivity index (χ2v) is 4.63. The minimum atomic E-state index is -0.587. The van der Waals surface area contributed by atoms with Crippen molar-refractivity contribution >= 4 is 5.91 Å². The number of benzene rings is 1. The van der Waals surface area contributed by atoms with E-state index in [0.29, 0.717) is 6.54 Å². The summed E-state index contributed by atoms with van der Waals surface area (Å²) in [6.07, 6.45) is 0. The quantitative estimate of drug-likeness (QED) is 0.744. The Hall–Kier alpha value is -1.35. The van der Waals surface area contributed by atoms with Gasteiger partial charge in [0.05, 0.1) is 0 Å². The van der Waals surface area contributed by atoms with Crippen LogP contribution in [0.5, 0.6) is 0 Å². The molecule has 1 unspecified atom stereocenters. The number of piperazine rings is 1. The van der Waals surface area contributed by atoms with Crippen LogP contribution in [-0.2, 0) is 10.3 Å². The fraction of sp³-hybridized carbons (Fsp3) is 0.462. The number of aryl methyl sites for hydroxylation is 2. The predicted molar refractivity (Wildman–Crippen MR) is 64.3 cm³/mol. The smallest absolute Gasteiger partial charge is 0.244 e. The molecule has 1 aromatic rings. The van der Waals surface area contributed by atoms with Gasteiger partial charge in [-0.3, -0.25) is 10.1 Å². The molecule has 1 aromatic carbocycles. The molecule has 1 atom stereocenters. The van der Waals surface area contributed by atoms with E-state index in [9.17, 15) is 4.79 Å². The van der Waals surface area contributed by atoms with E-state index >= 15 is 0 Å². The van der Waals surface area contributed by atoms with E-state index in [2.05, 4.69) is 36.6 Å². The van der Waals surface area contributed by atoms with Crippen LogP contribution in [0.3, 0.4) is 0 Å². The van der Waals surface area contributed by atoms with E-state index in [-0.39, 0.29) is 5.91 Å². The topological polar surface area (TPSA) is 41.1 Å². The van der Waals surface area contributed by atoms with E-state index in [1.54, 1.807) is 0 Å². The Bertz CT molecular complexity index is 428. The highest BCUT2D eigenvalue weighted by atomic mass is 16.2. The summed E-state index contributed by atoms with van der Waals surface area (Å²) >= 11 is 0. The van der Waals surface area contributed by atoms with Crippen LogP contribution in [0.15, 0.2) is 18.2 Å². The Labute approximate surface area is 96.2 Å². The molecule has 0 aliphatic carbocycles. The van der Waals surface area contributed by atoms with Crippen molar-refractivity contribution in [3.63, 3.8) is 0 Å². The first-order chi connectivity index (χ1) is 7.54. The van der Waals surface area contributed by atoms with Crippen molar-refractivity contribution in [2.24, 2.45) is 0 Å². The van der Waals surface area contributed by atoms with Gasteiger partial charge in [-0.15, -0.1) is 0 Å². The maximum absolute atomic E-state index is 12.0. The number of rotatable bonds is 1. The summed E-state index contributed by atoms with van der Waals surface area (Å²) in [5.41, 5.74) is 2.86. The molecular formula is C13H18N2O. The Morgan fingerprint density at radius 2 is 2.00 bits per heavy atom. The van der Waals surface area contributed by atoms with E-state index in [1.807, 2.05) is 13.0 Å². The van der Waals surface area contributed by atoms with Gasteiger partial charge in [0.1, 0.15) is 5.54 Å². The van der Waals surface area contributed by atoms with Crippen LogP contribution in [0.1, 0.15) is 23.6 Å². The van der Waals surface area contributed by atoms with Gasteiger partial charge >= 0.3 is 0 Å². The zero-order valence-corrected chi connectivity index (χ0v) is 10.1. The van der Waals surface area contributed by atoms with E-state index in [1.165, 1.54) is 5.56 Å². The van der Waals surface area contributed by atoms with E-state index < -0.39 is 5.54 Å². The molecule has 2 N–H and O–H groups in total. The molecule has 0 radical (unpaired) electrons. The number of carbonyl (C=O) groups is 1. The number of hydrogen-bond donors (Lipinski definition) is 2. The van der Waals surface area contributed by atoms with Crippen molar-refractivity contribution < 1.29 is 4.79 Å². The lowest BCUT2D eigenvalue weighted by molar-refractivity contribution is -0.129. The van der Waals surface area contributed by atoms with E-state index in [0.717, 1.165) is 17.7 Å². The second kappa shape index (κ2) is 3.91. The van der Waals surface area contributed by atoms with Crippen molar-refractivity contribution in [3.8, 4) is 0 Å². The fourth-order valence-corrected chi connectivity index (χ4v) is 2.34. The molecular weight excluding hydrogens is 200 g/mol. The van der Waals surface area contributed by atoms with Crippen LogP contribution in [0.25, 0.3) is 0 Å². The number of nitrogens with one attached hydrogen (secondary N) is 2. The lowest BCUT2D eigenvalue weighted by Gasteiger charge is -2.35. The predicted octanol–water partition coefficient (Wildman–Crippen LogP) is 1.24. The lowest BCUT2D eigenvalue weighted by atomic mass is 9.86. The normalized spacial score (nSPS) is 25.3. The van der Waals surface area contributed by atoms with Gasteiger partial charge in [-0.25, -0.2) is 0 Å². The Kier molecular flexibility index (Phi) is 2.72. The highest BCUT2D eigenvalue weighted by Crippen LogP contribution is 2.26. The molecule has 3 nitrogen and oxygen atoms in total. The van der Waals surface area contributed by atoms with Crippen LogP contribution < -0.4 is 10.6 Å². The highest BCUT2D eigenvalue weighted by Gasteiger charge is 2.37. The summed E-state index contributed by atoms with van der Waals surface area (Å²) in [5, 5.41) is 6.22. The van der Waals surface area contributed by atoms with Gasteiger partial charge in [0, 0.05) is 13.1 Å². The Balaban J connectivity index is 2.45. The van der Waals surface area contributed by atoms with Gasteiger partial charge in [0.25, 0.3) is 0 Å². The summed E-state index contributed by atoms with van der Waals surface area (Å²) in [4.78, 5) is 12.0. The molecule has 1 saturated heterocycles. The molecule has 1 aliphatic rings. The summed E-state index contributed by atoms with van der Waals surface area (Å²) in [6.45, 7) is 7.58. The molecule has 1 amide bonds. The van der Waals surface area contributed by atoms with Crippen molar-refractivity contribution in [1.29, 1.82) is 0 Å². The maximum atomic E-state index is 12.0. The molecule has 1 fully saturated rings. The van der Waals surface area contributed by atoms with Crippen molar-refractivity contribution in [1.82, 2.24) is 10.6 Å². The van der Waals surface area contributed by atoms with Crippen molar-refractivity contribution in [3.05, 3.63) is 34.9 Å². The summed E-state index contributed by atoms with van der Waals surface area (Å²) in [5.74, 6) is 0.0608. The molecule has 0 saturated carbocycles. The van der Waals surface area contributed by atoms with Gasteiger partial charge in [-0.2, -0.15) is 0 Å². The first kappa shape index (κ1) is 11.1. The molecule has 86 valence electrons. The van der Waals surface area contributed by atoms with Crippen molar-refractivity contribution in [2.75, 3.05) is 13.1 Å². The zero-order chi connectivity index (χ0) is 11.8. The van der Waals surface area contributed by atoms with Crippen LogP contribution >= 0.6 is 0 Å². The third kappa shape index (κ3) is 1.71. The maximum Gasteiger partial charge on any atom is 0.244 e. The third-order valence-corrected chi connectivity index (χ3v) is 3.26. The van der Waals surface area contributed by atoms with Gasteiger partial charge in [-0.05, 0) is 31.9 Å². The first-order valence-electron chi connectivity index (χ1n) is 5.65. The first-order valence-corrected chi connectivity index (χ1v) is 5.65. The van der Waals surface area contributed by atoms with Gasteiger partial charge in [0.15, 0.2) is 0 Å². The average molecular weight is 218 g/mol. The molecule has 1 heterocycles. The summed E-state index contributed by atoms with van der Waals surface area (Å²) in [6, 6.07) is 6.21. The molecule has 3 heteroatoms. The monoisotopic (exact) mass is 218 g/mol. The van der Waals surface area contributed by atoms with Crippen LogP contribution in [0.2, 0.25) is 0 Å². The molecule has 0 spiro atoms. The second-order valence-electron chi connectivity index (χ2n) is 4.63. The molecule has 1 aliphatic heterocycles. The van der Waals surface area contributed by atoms with Gasteiger partial charge in [-0.1, -0.05) is 23.8 Å². The van der Waals surface area contributed by atoms with Crippen LogP contribution in [0, 0.1) is 13.8 Å². The Morgan fingerprint density at radius 3 is 2.62 bits per heavy atom. The van der Waals surface area contributed by atoms with Crippen LogP contribution in [-0.4, -0.2) is 19.0 Å². The van der Waals surface area contributed by atoms with Crippen LogP contribution in [0.4, 0.5) is 0 Å². The Morgan fingerprint density at radius 1 is 1.25 bits per heavy atom. The van der Waals surface area contributed by atoms with Crippen molar-refractivity contribution in [2.45, 2.75) is 26.3 Å².